The molecule has 7 heteroatoms. The van der Waals surface area contributed by atoms with E-state index in [1.165, 1.54) is 31.2 Å². The highest BCUT2D eigenvalue weighted by Crippen LogP contribution is 2.19. The van der Waals surface area contributed by atoms with E-state index in [4.69, 9.17) is 9.47 Å². The molecular formula is C20H23FN2O4. The predicted octanol–water partition coefficient (Wildman–Crippen LogP) is 2.83. The molecule has 0 radical (unpaired) electrons. The number of carbonyl (C=O) groups is 2. The van der Waals surface area contributed by atoms with E-state index in [1.54, 1.807) is 0 Å². The molecule has 0 spiro atoms. The molecule has 0 aliphatic heterocycles. The lowest BCUT2D eigenvalue weighted by Crippen LogP contribution is -2.47. The highest BCUT2D eigenvalue weighted by atomic mass is 19.1. The number of aryl methyl sites for hydroxylation is 2. The van der Waals surface area contributed by atoms with Crippen LogP contribution in [0.2, 0.25) is 0 Å². The topological polar surface area (TPSA) is 76.7 Å². The summed E-state index contributed by atoms with van der Waals surface area (Å²) < 4.78 is 23.8. The Balaban J connectivity index is 1.70. The van der Waals surface area contributed by atoms with Gasteiger partial charge in [0, 0.05) is 0 Å². The van der Waals surface area contributed by atoms with E-state index in [2.05, 4.69) is 10.9 Å². The molecule has 0 bridgehead atoms. The number of rotatable bonds is 7. The summed E-state index contributed by atoms with van der Waals surface area (Å²) in [4.78, 5) is 23.8. The SMILES string of the molecule is Cc1ccc(C)c(OCCC(=O)NNC(=O)C(C)Oc2ccc(F)cc2)c1. The van der Waals surface area contributed by atoms with Crippen LogP contribution in [0.15, 0.2) is 42.5 Å². The number of carbonyl (C=O) groups excluding carboxylic acids is 2. The summed E-state index contributed by atoms with van der Waals surface area (Å²) in [6.07, 6.45) is -0.775. The minimum absolute atomic E-state index is 0.0842. The number of hydrazine groups is 1. The standard InChI is InChI=1S/C20H23FN2O4/c1-13-4-5-14(2)18(12-13)26-11-10-19(24)22-23-20(25)15(3)27-17-8-6-16(21)7-9-17/h4-9,12,15H,10-11H2,1-3H3,(H,22,24)(H,23,25). The van der Waals surface area contributed by atoms with Crippen LogP contribution in [0.1, 0.15) is 24.5 Å². The maximum absolute atomic E-state index is 12.9. The third-order valence-corrected chi connectivity index (χ3v) is 3.75. The summed E-state index contributed by atoms with van der Waals surface area (Å²) in [7, 11) is 0. The van der Waals surface area contributed by atoms with Gasteiger partial charge in [-0.2, -0.15) is 0 Å². The van der Waals surface area contributed by atoms with Crippen LogP contribution >= 0.6 is 0 Å². The Morgan fingerprint density at radius 2 is 1.78 bits per heavy atom. The van der Waals surface area contributed by atoms with Gasteiger partial charge in [0.05, 0.1) is 13.0 Å². The van der Waals surface area contributed by atoms with E-state index in [1.807, 2.05) is 32.0 Å². The van der Waals surface area contributed by atoms with Crippen molar-refractivity contribution in [2.45, 2.75) is 33.3 Å². The average Bonchev–Trinajstić information content (AvgIpc) is 2.64. The smallest absolute Gasteiger partial charge is 0.279 e. The summed E-state index contributed by atoms with van der Waals surface area (Å²) >= 11 is 0. The summed E-state index contributed by atoms with van der Waals surface area (Å²) in [5.41, 5.74) is 6.66. The zero-order chi connectivity index (χ0) is 19.8. The zero-order valence-corrected chi connectivity index (χ0v) is 15.5. The van der Waals surface area contributed by atoms with Crippen LogP contribution in [0.3, 0.4) is 0 Å². The fourth-order valence-electron chi connectivity index (χ4n) is 2.18. The largest absolute Gasteiger partial charge is 0.493 e. The predicted molar refractivity (Wildman–Crippen MR) is 98.8 cm³/mol. The van der Waals surface area contributed by atoms with Gasteiger partial charge < -0.3 is 9.47 Å². The molecule has 2 aromatic carbocycles. The van der Waals surface area contributed by atoms with Gasteiger partial charge in [-0.1, -0.05) is 12.1 Å². The van der Waals surface area contributed by atoms with Crippen LogP contribution in [0, 0.1) is 19.7 Å². The van der Waals surface area contributed by atoms with Gasteiger partial charge in [0.1, 0.15) is 17.3 Å². The summed E-state index contributed by atoms with van der Waals surface area (Å²) in [6.45, 7) is 5.60. The van der Waals surface area contributed by atoms with Gasteiger partial charge in [0.15, 0.2) is 6.10 Å². The fourth-order valence-corrected chi connectivity index (χ4v) is 2.18. The van der Waals surface area contributed by atoms with E-state index in [-0.39, 0.29) is 18.9 Å². The Hall–Kier alpha value is -3.09. The van der Waals surface area contributed by atoms with Crippen molar-refractivity contribution in [3.63, 3.8) is 0 Å². The van der Waals surface area contributed by atoms with Gasteiger partial charge in [0.25, 0.3) is 5.91 Å². The molecule has 1 atom stereocenters. The van der Waals surface area contributed by atoms with E-state index < -0.39 is 17.8 Å². The van der Waals surface area contributed by atoms with E-state index >= 15 is 0 Å². The maximum Gasteiger partial charge on any atom is 0.279 e. The van der Waals surface area contributed by atoms with Gasteiger partial charge in [-0.25, -0.2) is 4.39 Å². The van der Waals surface area contributed by atoms with Gasteiger partial charge in [-0.05, 0) is 62.2 Å². The van der Waals surface area contributed by atoms with Gasteiger partial charge >= 0.3 is 0 Å². The number of hydrogen-bond donors (Lipinski definition) is 2. The second kappa shape index (κ2) is 9.56. The zero-order valence-electron chi connectivity index (χ0n) is 15.5. The first-order valence-electron chi connectivity index (χ1n) is 8.56. The molecular weight excluding hydrogens is 351 g/mol. The molecule has 2 N–H and O–H groups in total. The van der Waals surface area contributed by atoms with Crippen molar-refractivity contribution < 1.29 is 23.5 Å². The normalized spacial score (nSPS) is 11.4. The molecule has 6 nitrogen and oxygen atoms in total. The minimum Gasteiger partial charge on any atom is -0.493 e. The number of halogens is 1. The highest BCUT2D eigenvalue weighted by molar-refractivity contribution is 5.84. The van der Waals surface area contributed by atoms with Crippen molar-refractivity contribution in [3.8, 4) is 11.5 Å². The van der Waals surface area contributed by atoms with Crippen LogP contribution in [0.5, 0.6) is 11.5 Å². The minimum atomic E-state index is -0.859. The quantitative estimate of drug-likeness (QED) is 0.731. The molecule has 27 heavy (non-hydrogen) atoms. The second-order valence-corrected chi connectivity index (χ2v) is 6.12. The van der Waals surface area contributed by atoms with Gasteiger partial charge in [0.2, 0.25) is 5.91 Å². The molecule has 1 unspecified atom stereocenters. The second-order valence-electron chi connectivity index (χ2n) is 6.12. The monoisotopic (exact) mass is 374 g/mol. The Morgan fingerprint density at radius 1 is 1.07 bits per heavy atom. The lowest BCUT2D eigenvalue weighted by Gasteiger charge is -2.15. The summed E-state index contributed by atoms with van der Waals surface area (Å²) in [6, 6.07) is 11.1. The third-order valence-electron chi connectivity index (χ3n) is 3.75. The van der Waals surface area contributed by atoms with Crippen LogP contribution in [-0.2, 0) is 9.59 Å². The fraction of sp³-hybridized carbons (Fsp3) is 0.300. The lowest BCUT2D eigenvalue weighted by atomic mass is 10.1. The van der Waals surface area contributed by atoms with Crippen molar-refractivity contribution in [2.75, 3.05) is 6.61 Å². The summed E-state index contributed by atoms with van der Waals surface area (Å²) in [5.74, 6) is -0.221. The molecule has 2 rings (SSSR count). The van der Waals surface area contributed by atoms with Crippen molar-refractivity contribution in [2.24, 2.45) is 0 Å². The molecule has 144 valence electrons. The first-order valence-corrected chi connectivity index (χ1v) is 8.56. The van der Waals surface area contributed by atoms with Crippen molar-refractivity contribution in [1.82, 2.24) is 10.9 Å². The number of nitrogens with one attached hydrogen (secondary N) is 2. The lowest BCUT2D eigenvalue weighted by molar-refractivity contribution is -0.132. The molecule has 0 aliphatic carbocycles. The van der Waals surface area contributed by atoms with Crippen molar-refractivity contribution >= 4 is 11.8 Å². The Labute approximate surface area is 157 Å². The third kappa shape index (κ3) is 6.62. The Bertz CT molecular complexity index is 793. The first kappa shape index (κ1) is 20.2. The highest BCUT2D eigenvalue weighted by Gasteiger charge is 2.15. The Kier molecular flexibility index (Phi) is 7.16. The van der Waals surface area contributed by atoms with E-state index in [9.17, 15) is 14.0 Å². The number of ether oxygens (including phenoxy) is 2. The molecule has 0 heterocycles. The molecule has 2 amide bonds. The van der Waals surface area contributed by atoms with Crippen LogP contribution in [-0.4, -0.2) is 24.5 Å². The first-order chi connectivity index (χ1) is 12.8. The molecule has 0 aromatic heterocycles. The molecule has 0 saturated heterocycles. The van der Waals surface area contributed by atoms with Crippen LogP contribution < -0.4 is 20.3 Å². The maximum atomic E-state index is 12.9. The average molecular weight is 374 g/mol. The van der Waals surface area contributed by atoms with Crippen LogP contribution in [0.25, 0.3) is 0 Å². The summed E-state index contributed by atoms with van der Waals surface area (Å²) in [5, 5.41) is 0. The Morgan fingerprint density at radius 3 is 2.48 bits per heavy atom. The van der Waals surface area contributed by atoms with E-state index in [0.29, 0.717) is 5.75 Å². The molecule has 2 aromatic rings. The number of amides is 2. The van der Waals surface area contributed by atoms with Crippen molar-refractivity contribution in [3.05, 3.63) is 59.4 Å². The van der Waals surface area contributed by atoms with Crippen molar-refractivity contribution in [1.29, 1.82) is 0 Å². The van der Waals surface area contributed by atoms with E-state index in [0.717, 1.165) is 16.9 Å². The number of hydrogen-bond acceptors (Lipinski definition) is 4. The van der Waals surface area contributed by atoms with Gasteiger partial charge in [-0.3, -0.25) is 20.4 Å². The molecule has 0 aliphatic rings. The van der Waals surface area contributed by atoms with Gasteiger partial charge in [-0.15, -0.1) is 0 Å². The molecule has 0 saturated carbocycles. The number of benzene rings is 2. The molecule has 0 fully saturated rings. The van der Waals surface area contributed by atoms with Crippen LogP contribution in [0.4, 0.5) is 4.39 Å².